The standard InChI is InChI=1S/C8H10O2.C3H8/c1-2-10-8-6-4-3-5-7(8)9;1-3-2/h3-6,9H,2H2,1H3;3H2,1-2H3. The van der Waals surface area contributed by atoms with Gasteiger partial charge in [0.2, 0.25) is 0 Å². The minimum Gasteiger partial charge on any atom is -0.504 e. The topological polar surface area (TPSA) is 29.5 Å². The maximum Gasteiger partial charge on any atom is 0.160 e. The zero-order chi connectivity index (χ0) is 10.1. The molecule has 0 aromatic heterocycles. The van der Waals surface area contributed by atoms with E-state index in [1.165, 1.54) is 6.42 Å². The van der Waals surface area contributed by atoms with Crippen molar-refractivity contribution in [3.05, 3.63) is 24.3 Å². The molecule has 0 aliphatic heterocycles. The van der Waals surface area contributed by atoms with Gasteiger partial charge in [0.15, 0.2) is 11.5 Å². The molecule has 0 aliphatic rings. The van der Waals surface area contributed by atoms with Gasteiger partial charge >= 0.3 is 0 Å². The molecular formula is C11H18O2. The van der Waals surface area contributed by atoms with Crippen LogP contribution in [0.1, 0.15) is 27.2 Å². The number of hydrogen-bond acceptors (Lipinski definition) is 2. The van der Waals surface area contributed by atoms with Crippen molar-refractivity contribution in [1.82, 2.24) is 0 Å². The molecule has 0 spiro atoms. The molecule has 0 saturated carbocycles. The molecule has 0 aliphatic carbocycles. The summed E-state index contributed by atoms with van der Waals surface area (Å²) >= 11 is 0. The second kappa shape index (κ2) is 7.47. The van der Waals surface area contributed by atoms with Gasteiger partial charge < -0.3 is 9.84 Å². The van der Waals surface area contributed by atoms with Gasteiger partial charge in [0.1, 0.15) is 0 Å². The number of rotatable bonds is 2. The number of hydrogen-bond donors (Lipinski definition) is 1. The van der Waals surface area contributed by atoms with Crippen LogP contribution in [-0.4, -0.2) is 11.7 Å². The fraction of sp³-hybridized carbons (Fsp3) is 0.455. The van der Waals surface area contributed by atoms with Gasteiger partial charge in [-0.15, -0.1) is 0 Å². The SMILES string of the molecule is CCC.CCOc1ccccc1O. The van der Waals surface area contributed by atoms with E-state index in [-0.39, 0.29) is 5.75 Å². The first-order valence-corrected chi connectivity index (χ1v) is 4.67. The van der Waals surface area contributed by atoms with Gasteiger partial charge in [0.25, 0.3) is 0 Å². The number of phenolic OH excluding ortho intramolecular Hbond substituents is 1. The van der Waals surface area contributed by atoms with Crippen LogP contribution in [0.4, 0.5) is 0 Å². The average molecular weight is 182 g/mol. The van der Waals surface area contributed by atoms with Gasteiger partial charge in [-0.2, -0.15) is 0 Å². The molecule has 74 valence electrons. The normalized spacial score (nSPS) is 8.54. The number of phenols is 1. The Kier molecular flexibility index (Phi) is 6.79. The third-order valence-corrected chi connectivity index (χ3v) is 1.17. The molecule has 1 N–H and O–H groups in total. The van der Waals surface area contributed by atoms with Crippen molar-refractivity contribution in [2.75, 3.05) is 6.61 Å². The molecule has 0 radical (unpaired) electrons. The van der Waals surface area contributed by atoms with E-state index in [0.29, 0.717) is 12.4 Å². The summed E-state index contributed by atoms with van der Waals surface area (Å²) in [7, 11) is 0. The summed E-state index contributed by atoms with van der Waals surface area (Å²) in [5.41, 5.74) is 0. The molecule has 2 heteroatoms. The molecule has 0 fully saturated rings. The highest BCUT2D eigenvalue weighted by Crippen LogP contribution is 2.23. The molecular weight excluding hydrogens is 164 g/mol. The van der Waals surface area contributed by atoms with Gasteiger partial charge in [-0.05, 0) is 19.1 Å². The van der Waals surface area contributed by atoms with Gasteiger partial charge in [0, 0.05) is 0 Å². The maximum atomic E-state index is 9.12. The Morgan fingerprint density at radius 2 is 1.69 bits per heavy atom. The molecule has 0 bridgehead atoms. The molecule has 0 amide bonds. The van der Waals surface area contributed by atoms with Crippen LogP contribution in [0.25, 0.3) is 0 Å². The van der Waals surface area contributed by atoms with Crippen LogP contribution < -0.4 is 4.74 Å². The lowest BCUT2D eigenvalue weighted by molar-refractivity contribution is 0.318. The summed E-state index contributed by atoms with van der Waals surface area (Å²) in [5.74, 6) is 0.745. The zero-order valence-corrected chi connectivity index (χ0v) is 8.58. The smallest absolute Gasteiger partial charge is 0.160 e. The van der Waals surface area contributed by atoms with Gasteiger partial charge in [0.05, 0.1) is 6.61 Å². The predicted molar refractivity (Wildman–Crippen MR) is 55.2 cm³/mol. The Morgan fingerprint density at radius 3 is 2.15 bits per heavy atom. The lowest BCUT2D eigenvalue weighted by atomic mass is 10.3. The van der Waals surface area contributed by atoms with Crippen molar-refractivity contribution in [3.63, 3.8) is 0 Å². The van der Waals surface area contributed by atoms with Crippen molar-refractivity contribution in [2.45, 2.75) is 27.2 Å². The summed E-state index contributed by atoms with van der Waals surface area (Å²) in [6, 6.07) is 6.92. The van der Waals surface area contributed by atoms with Crippen molar-refractivity contribution >= 4 is 0 Å². The first kappa shape index (κ1) is 11.8. The van der Waals surface area contributed by atoms with Crippen LogP contribution in [-0.2, 0) is 0 Å². The van der Waals surface area contributed by atoms with Crippen LogP contribution in [0.15, 0.2) is 24.3 Å². The first-order valence-electron chi connectivity index (χ1n) is 4.67. The van der Waals surface area contributed by atoms with Crippen LogP contribution in [0, 0.1) is 0 Å². The Balaban J connectivity index is 0.000000424. The molecule has 0 heterocycles. The first-order chi connectivity index (χ1) is 6.26. The second-order valence-electron chi connectivity index (χ2n) is 2.61. The van der Waals surface area contributed by atoms with E-state index >= 15 is 0 Å². The quantitative estimate of drug-likeness (QED) is 0.761. The van der Waals surface area contributed by atoms with Gasteiger partial charge in [-0.1, -0.05) is 32.4 Å². The molecule has 1 aromatic rings. The summed E-state index contributed by atoms with van der Waals surface area (Å²) in [6.45, 7) is 6.71. The largest absolute Gasteiger partial charge is 0.504 e. The van der Waals surface area contributed by atoms with Crippen molar-refractivity contribution in [3.8, 4) is 11.5 Å². The van der Waals surface area contributed by atoms with Crippen LogP contribution >= 0.6 is 0 Å². The number of ether oxygens (including phenoxy) is 1. The number of aromatic hydroxyl groups is 1. The van der Waals surface area contributed by atoms with Crippen molar-refractivity contribution in [2.24, 2.45) is 0 Å². The van der Waals surface area contributed by atoms with E-state index in [0.717, 1.165) is 0 Å². The average Bonchev–Trinajstić information content (AvgIpc) is 2.11. The molecule has 0 atom stereocenters. The summed E-state index contributed by atoms with van der Waals surface area (Å²) in [5, 5.41) is 9.12. The molecule has 1 rings (SSSR count). The van der Waals surface area contributed by atoms with E-state index in [1.54, 1.807) is 18.2 Å². The summed E-state index contributed by atoms with van der Waals surface area (Å²) in [4.78, 5) is 0. The van der Waals surface area contributed by atoms with E-state index in [4.69, 9.17) is 9.84 Å². The highest BCUT2D eigenvalue weighted by molar-refractivity contribution is 5.37. The Hall–Kier alpha value is -1.18. The van der Waals surface area contributed by atoms with Crippen LogP contribution in [0.3, 0.4) is 0 Å². The van der Waals surface area contributed by atoms with Gasteiger partial charge in [-0.25, -0.2) is 0 Å². The minimum absolute atomic E-state index is 0.198. The highest BCUT2D eigenvalue weighted by atomic mass is 16.5. The Bertz CT molecular complexity index is 221. The fourth-order valence-corrected chi connectivity index (χ4v) is 0.735. The van der Waals surface area contributed by atoms with Gasteiger partial charge in [-0.3, -0.25) is 0 Å². The Morgan fingerprint density at radius 1 is 1.15 bits per heavy atom. The monoisotopic (exact) mass is 182 g/mol. The zero-order valence-electron chi connectivity index (χ0n) is 8.58. The summed E-state index contributed by atoms with van der Waals surface area (Å²) in [6.07, 6.45) is 1.25. The molecule has 2 nitrogen and oxygen atoms in total. The second-order valence-corrected chi connectivity index (χ2v) is 2.61. The Labute approximate surface area is 80.2 Å². The fourth-order valence-electron chi connectivity index (χ4n) is 0.735. The highest BCUT2D eigenvalue weighted by Gasteiger charge is 1.96. The predicted octanol–water partition coefficient (Wildman–Crippen LogP) is 3.21. The number of para-hydroxylation sites is 2. The lowest BCUT2D eigenvalue weighted by Crippen LogP contribution is -1.90. The van der Waals surface area contributed by atoms with E-state index in [9.17, 15) is 0 Å². The van der Waals surface area contributed by atoms with Crippen LogP contribution in [0.5, 0.6) is 11.5 Å². The minimum atomic E-state index is 0.198. The molecule has 0 saturated heterocycles. The third kappa shape index (κ3) is 5.12. The lowest BCUT2D eigenvalue weighted by Gasteiger charge is -2.02. The maximum absolute atomic E-state index is 9.12. The molecule has 13 heavy (non-hydrogen) atoms. The van der Waals surface area contributed by atoms with Crippen molar-refractivity contribution in [1.29, 1.82) is 0 Å². The summed E-state index contributed by atoms with van der Waals surface area (Å²) < 4.78 is 5.09. The van der Waals surface area contributed by atoms with Crippen LogP contribution in [0.2, 0.25) is 0 Å². The molecule has 1 aromatic carbocycles. The molecule has 0 unspecified atom stereocenters. The van der Waals surface area contributed by atoms with E-state index in [2.05, 4.69) is 13.8 Å². The van der Waals surface area contributed by atoms with E-state index in [1.807, 2.05) is 13.0 Å². The van der Waals surface area contributed by atoms with E-state index < -0.39 is 0 Å². The third-order valence-electron chi connectivity index (χ3n) is 1.17. The van der Waals surface area contributed by atoms with Crippen molar-refractivity contribution < 1.29 is 9.84 Å². The number of benzene rings is 1.